The number of fused-ring (bicyclic) bond motifs is 1. The number of carbonyl (C=O) groups is 3. The highest BCUT2D eigenvalue weighted by Gasteiger charge is 2.40. The molecule has 0 saturated heterocycles. The first kappa shape index (κ1) is 16.4. The van der Waals surface area contributed by atoms with Crippen LogP contribution in [0.1, 0.15) is 26.3 Å². The molecule has 0 aliphatic carbocycles. The summed E-state index contributed by atoms with van der Waals surface area (Å²) in [5, 5.41) is 0. The van der Waals surface area contributed by atoms with E-state index in [9.17, 15) is 14.4 Å². The van der Waals surface area contributed by atoms with Gasteiger partial charge in [0.2, 0.25) is 0 Å². The van der Waals surface area contributed by atoms with E-state index in [4.69, 9.17) is 4.74 Å². The monoisotopic (exact) mass is 337 g/mol. The molecule has 0 radical (unpaired) electrons. The Morgan fingerprint density at radius 1 is 0.960 bits per heavy atom. The minimum atomic E-state index is -0.831. The van der Waals surface area contributed by atoms with Gasteiger partial charge >= 0.3 is 5.97 Å². The van der Waals surface area contributed by atoms with Crippen molar-refractivity contribution >= 4 is 17.8 Å². The fourth-order valence-corrected chi connectivity index (χ4v) is 2.50. The molecule has 1 aliphatic rings. The summed E-state index contributed by atoms with van der Waals surface area (Å²) in [7, 11) is 1.17. The smallest absolute Gasteiger partial charge is 0.358 e. The third kappa shape index (κ3) is 3.14. The van der Waals surface area contributed by atoms with E-state index in [1.807, 2.05) is 30.3 Å². The molecule has 126 valence electrons. The lowest BCUT2D eigenvalue weighted by Crippen LogP contribution is -2.33. The second-order valence-corrected chi connectivity index (χ2v) is 5.28. The van der Waals surface area contributed by atoms with Crippen LogP contribution in [-0.2, 0) is 20.9 Å². The van der Waals surface area contributed by atoms with Crippen molar-refractivity contribution in [1.82, 2.24) is 4.90 Å². The van der Waals surface area contributed by atoms with Crippen molar-refractivity contribution in [3.05, 3.63) is 83.2 Å². The lowest BCUT2D eigenvalue weighted by molar-refractivity contribution is -0.137. The van der Waals surface area contributed by atoms with Crippen LogP contribution in [0.4, 0.5) is 0 Å². The fourth-order valence-electron chi connectivity index (χ4n) is 2.50. The summed E-state index contributed by atoms with van der Waals surface area (Å²) >= 11 is 0. The molecule has 2 aromatic rings. The molecule has 25 heavy (non-hydrogen) atoms. The van der Waals surface area contributed by atoms with Crippen molar-refractivity contribution in [2.24, 2.45) is 0 Å². The van der Waals surface area contributed by atoms with Crippen LogP contribution in [0.5, 0.6) is 0 Å². The van der Waals surface area contributed by atoms with Crippen molar-refractivity contribution in [3.63, 3.8) is 0 Å². The largest absolute Gasteiger partial charge is 0.494 e. The number of esters is 1. The predicted octanol–water partition coefficient (Wildman–Crippen LogP) is 2.51. The molecule has 1 heterocycles. The first-order valence-electron chi connectivity index (χ1n) is 7.55. The minimum Gasteiger partial charge on any atom is -0.494 e. The first-order valence-corrected chi connectivity index (χ1v) is 7.55. The van der Waals surface area contributed by atoms with Crippen LogP contribution < -0.4 is 0 Å². The van der Waals surface area contributed by atoms with Crippen LogP contribution >= 0.6 is 0 Å². The fraction of sp³-hybridized carbons (Fsp3) is 0.105. The van der Waals surface area contributed by atoms with Crippen LogP contribution in [0.15, 0.2) is 66.6 Å². The van der Waals surface area contributed by atoms with Crippen LogP contribution in [0.2, 0.25) is 0 Å². The van der Waals surface area contributed by atoms with Gasteiger partial charge in [0.25, 0.3) is 11.8 Å². The zero-order valence-corrected chi connectivity index (χ0v) is 13.5. The Morgan fingerprint density at radius 2 is 1.52 bits per heavy atom. The van der Waals surface area contributed by atoms with Crippen molar-refractivity contribution in [1.29, 1.82) is 0 Å². The maximum absolute atomic E-state index is 12.5. The number of methoxy groups -OCH3 is 1. The molecule has 0 bridgehead atoms. The Hall–Kier alpha value is -3.41. The third-order valence-corrected chi connectivity index (χ3v) is 3.72. The molecular weight excluding hydrogens is 322 g/mol. The first-order chi connectivity index (χ1) is 12.1. The second kappa shape index (κ2) is 7.00. The van der Waals surface area contributed by atoms with Crippen LogP contribution in [0.25, 0.3) is 0 Å². The molecule has 0 aromatic heterocycles. The third-order valence-electron chi connectivity index (χ3n) is 3.72. The van der Waals surface area contributed by atoms with Crippen LogP contribution in [0, 0.1) is 0 Å². The molecule has 0 atom stereocenters. The van der Waals surface area contributed by atoms with E-state index in [1.165, 1.54) is 19.2 Å². The number of amides is 2. The Kier molecular flexibility index (Phi) is 4.61. The molecule has 6 heteroatoms. The Balaban J connectivity index is 1.87. The number of ether oxygens (including phenoxy) is 2. The number of nitrogens with zero attached hydrogens (tertiary/aromatic N) is 1. The second-order valence-electron chi connectivity index (χ2n) is 5.28. The summed E-state index contributed by atoms with van der Waals surface area (Å²) in [6.45, 7) is 0.185. The zero-order valence-electron chi connectivity index (χ0n) is 13.5. The summed E-state index contributed by atoms with van der Waals surface area (Å²) in [5.41, 5.74) is 1.10. The van der Waals surface area contributed by atoms with E-state index in [-0.39, 0.29) is 23.4 Å². The van der Waals surface area contributed by atoms with E-state index in [2.05, 4.69) is 4.74 Å². The molecule has 2 amide bonds. The Bertz CT molecular complexity index is 822. The van der Waals surface area contributed by atoms with Gasteiger partial charge in [-0.15, -0.1) is 0 Å². The van der Waals surface area contributed by atoms with Crippen molar-refractivity contribution < 1.29 is 23.9 Å². The van der Waals surface area contributed by atoms with Crippen LogP contribution in [-0.4, -0.2) is 29.8 Å². The summed E-state index contributed by atoms with van der Waals surface area (Å²) in [5.74, 6) is -2.00. The molecular formula is C19H15NO5. The van der Waals surface area contributed by atoms with Crippen LogP contribution in [0.3, 0.4) is 0 Å². The molecule has 1 aliphatic heterocycles. The summed E-state index contributed by atoms with van der Waals surface area (Å²) in [6.07, 6.45) is 1.08. The molecule has 0 N–H and O–H groups in total. The lowest BCUT2D eigenvalue weighted by Gasteiger charge is -2.15. The van der Waals surface area contributed by atoms with Crippen molar-refractivity contribution in [2.75, 3.05) is 7.11 Å². The summed E-state index contributed by atoms with van der Waals surface area (Å²) in [4.78, 5) is 37.9. The highest BCUT2D eigenvalue weighted by atomic mass is 16.5. The van der Waals surface area contributed by atoms with E-state index in [0.29, 0.717) is 0 Å². The molecule has 3 rings (SSSR count). The Morgan fingerprint density at radius 3 is 2.08 bits per heavy atom. The quantitative estimate of drug-likeness (QED) is 0.363. The van der Waals surface area contributed by atoms with Gasteiger partial charge in [-0.2, -0.15) is 0 Å². The van der Waals surface area contributed by atoms with Crippen molar-refractivity contribution in [3.8, 4) is 0 Å². The molecule has 6 nitrogen and oxygen atoms in total. The molecule has 0 spiro atoms. The normalized spacial score (nSPS) is 13.6. The highest BCUT2D eigenvalue weighted by molar-refractivity contribution is 6.24. The topological polar surface area (TPSA) is 72.9 Å². The van der Waals surface area contributed by atoms with E-state index >= 15 is 0 Å². The van der Waals surface area contributed by atoms with Gasteiger partial charge in [-0.1, -0.05) is 42.5 Å². The van der Waals surface area contributed by atoms with Gasteiger partial charge in [-0.05, 0) is 17.7 Å². The summed E-state index contributed by atoms with van der Waals surface area (Å²) in [6, 6.07) is 15.7. The molecule has 0 saturated carbocycles. The number of hydrogen-bond acceptors (Lipinski definition) is 5. The minimum absolute atomic E-state index is 0.185. The maximum atomic E-state index is 12.5. The Labute approximate surface area is 144 Å². The average molecular weight is 337 g/mol. The van der Waals surface area contributed by atoms with Gasteiger partial charge in [0.15, 0.2) is 5.70 Å². The molecule has 0 unspecified atom stereocenters. The lowest BCUT2D eigenvalue weighted by atomic mass is 10.1. The number of rotatable bonds is 5. The van der Waals surface area contributed by atoms with Gasteiger partial charge in [0.1, 0.15) is 12.9 Å². The van der Waals surface area contributed by atoms with Gasteiger partial charge in [0.05, 0.1) is 18.2 Å². The van der Waals surface area contributed by atoms with E-state index in [0.717, 1.165) is 16.7 Å². The highest BCUT2D eigenvalue weighted by Crippen LogP contribution is 2.26. The standard InChI is InChI=1S/C19H15NO5/c1-24-19(23)16(12-25-11-13-7-3-2-4-8-13)20-17(21)14-9-5-6-10-15(14)18(20)22/h2-10,12H,11H2,1H3/b16-12+. The number of benzene rings is 2. The van der Waals surface area contributed by atoms with Gasteiger partial charge in [-0.3, -0.25) is 9.59 Å². The van der Waals surface area contributed by atoms with Crippen molar-refractivity contribution in [2.45, 2.75) is 6.61 Å². The van der Waals surface area contributed by atoms with Gasteiger partial charge in [0, 0.05) is 0 Å². The zero-order chi connectivity index (χ0) is 17.8. The number of imide groups is 1. The van der Waals surface area contributed by atoms with Gasteiger partial charge in [-0.25, -0.2) is 9.69 Å². The average Bonchev–Trinajstić information content (AvgIpc) is 2.90. The van der Waals surface area contributed by atoms with E-state index < -0.39 is 17.8 Å². The molecule has 0 fully saturated rings. The number of carbonyl (C=O) groups excluding carboxylic acids is 3. The predicted molar refractivity (Wildman–Crippen MR) is 88.3 cm³/mol. The van der Waals surface area contributed by atoms with E-state index in [1.54, 1.807) is 12.1 Å². The SMILES string of the molecule is COC(=O)/C(=C\OCc1ccccc1)N1C(=O)c2ccccc2C1=O. The summed E-state index contributed by atoms with van der Waals surface area (Å²) < 4.78 is 10.1. The number of hydrogen-bond donors (Lipinski definition) is 0. The van der Waals surface area contributed by atoms with Gasteiger partial charge < -0.3 is 9.47 Å². The molecule has 2 aromatic carbocycles. The maximum Gasteiger partial charge on any atom is 0.358 e.